The predicted octanol–water partition coefficient (Wildman–Crippen LogP) is 3.92. The number of carbonyl (C=O) groups excluding carboxylic acids is 1. The van der Waals surface area contributed by atoms with Crippen LogP contribution in [0, 0.1) is 0 Å². The zero-order chi connectivity index (χ0) is 22.1. The molecule has 0 unspecified atom stereocenters. The zero-order valence-electron chi connectivity index (χ0n) is 16.9. The minimum absolute atomic E-state index is 0.229. The smallest absolute Gasteiger partial charge is 0.326 e. The molecule has 3 heterocycles. The summed E-state index contributed by atoms with van der Waals surface area (Å²) >= 11 is 1.24. The van der Waals surface area contributed by atoms with Crippen LogP contribution in [0.3, 0.4) is 0 Å². The lowest BCUT2D eigenvalue weighted by atomic mass is 9.94. The monoisotopic (exact) mass is 442 g/mol. The van der Waals surface area contributed by atoms with E-state index in [2.05, 4.69) is 15.0 Å². The lowest BCUT2D eigenvalue weighted by Gasteiger charge is -2.33. The lowest BCUT2D eigenvalue weighted by Crippen LogP contribution is -2.48. The van der Waals surface area contributed by atoms with Crippen molar-refractivity contribution in [2.45, 2.75) is 19.0 Å². The number of nitrogens with zero attached hydrogens (tertiary/aromatic N) is 4. The standard InChI is InChI=1S/C24H18N4O3S/c29-23(28-14-17-9-5-4-8-16(17)12-19(28)24(30)31)22-27-20(18-13-25-10-11-26-18)21(32-22)15-6-2-1-3-7-15/h1-11,13,19H,12,14H2,(H,30,31)/t19-/m0/s1. The predicted molar refractivity (Wildman–Crippen MR) is 120 cm³/mol. The Bertz CT molecular complexity index is 1230. The number of aliphatic carboxylic acids is 1. The highest BCUT2D eigenvalue weighted by Crippen LogP contribution is 2.37. The Hall–Kier alpha value is -3.91. The summed E-state index contributed by atoms with van der Waals surface area (Å²) in [6.07, 6.45) is 5.03. The van der Waals surface area contributed by atoms with Crippen molar-refractivity contribution in [1.29, 1.82) is 0 Å². The number of hydrogen-bond donors (Lipinski definition) is 1. The molecule has 2 aromatic carbocycles. The molecule has 158 valence electrons. The van der Waals surface area contributed by atoms with Crippen LogP contribution < -0.4 is 0 Å². The minimum Gasteiger partial charge on any atom is -0.480 e. The Kier molecular flexibility index (Phi) is 5.20. The van der Waals surface area contributed by atoms with Crippen molar-refractivity contribution in [2.24, 2.45) is 0 Å². The second-order valence-corrected chi connectivity index (χ2v) is 8.41. The molecule has 1 aliphatic rings. The Labute approximate surface area is 188 Å². The van der Waals surface area contributed by atoms with E-state index in [9.17, 15) is 14.7 Å². The van der Waals surface area contributed by atoms with Crippen LogP contribution in [0.15, 0.2) is 73.2 Å². The molecule has 4 aromatic rings. The van der Waals surface area contributed by atoms with Gasteiger partial charge in [0.05, 0.1) is 11.1 Å². The van der Waals surface area contributed by atoms with Crippen molar-refractivity contribution in [1.82, 2.24) is 19.9 Å². The van der Waals surface area contributed by atoms with Gasteiger partial charge in [0.2, 0.25) is 0 Å². The van der Waals surface area contributed by atoms with Crippen LogP contribution in [0.5, 0.6) is 0 Å². The second-order valence-electron chi connectivity index (χ2n) is 7.41. The lowest BCUT2D eigenvalue weighted by molar-refractivity contribution is -0.142. The zero-order valence-corrected chi connectivity index (χ0v) is 17.7. The van der Waals surface area contributed by atoms with Gasteiger partial charge in [-0.15, -0.1) is 11.3 Å². The molecule has 0 spiro atoms. The molecule has 0 saturated carbocycles. The van der Waals surface area contributed by atoms with Gasteiger partial charge in [0.15, 0.2) is 5.01 Å². The maximum Gasteiger partial charge on any atom is 0.326 e. The molecular formula is C24H18N4O3S. The molecule has 0 bridgehead atoms. The number of hydrogen-bond acceptors (Lipinski definition) is 6. The van der Waals surface area contributed by atoms with Crippen LogP contribution in [0.1, 0.15) is 20.9 Å². The summed E-state index contributed by atoms with van der Waals surface area (Å²) in [5, 5.41) is 10.0. The number of aromatic nitrogens is 3. The van der Waals surface area contributed by atoms with Gasteiger partial charge in [-0.25, -0.2) is 9.78 Å². The third-order valence-electron chi connectivity index (χ3n) is 5.45. The molecule has 1 aliphatic heterocycles. The first-order valence-corrected chi connectivity index (χ1v) is 10.9. The molecule has 7 nitrogen and oxygen atoms in total. The van der Waals surface area contributed by atoms with Crippen LogP contribution in [0.2, 0.25) is 0 Å². The van der Waals surface area contributed by atoms with Gasteiger partial charge < -0.3 is 10.0 Å². The molecule has 0 fully saturated rings. The van der Waals surface area contributed by atoms with Crippen molar-refractivity contribution in [3.8, 4) is 21.8 Å². The summed E-state index contributed by atoms with van der Waals surface area (Å²) in [5.41, 5.74) is 3.92. The van der Waals surface area contributed by atoms with Crippen LogP contribution >= 0.6 is 11.3 Å². The van der Waals surface area contributed by atoms with E-state index in [0.29, 0.717) is 11.4 Å². The van der Waals surface area contributed by atoms with Gasteiger partial charge in [-0.2, -0.15) is 0 Å². The number of rotatable bonds is 4. The third-order valence-corrected chi connectivity index (χ3v) is 6.54. The molecule has 8 heteroatoms. The summed E-state index contributed by atoms with van der Waals surface area (Å²) < 4.78 is 0. The van der Waals surface area contributed by atoms with Gasteiger partial charge >= 0.3 is 5.97 Å². The Morgan fingerprint density at radius 1 is 1.00 bits per heavy atom. The normalized spacial score (nSPS) is 15.2. The number of carbonyl (C=O) groups is 2. The molecule has 0 radical (unpaired) electrons. The first-order chi connectivity index (χ1) is 15.6. The molecule has 5 rings (SSSR count). The highest BCUT2D eigenvalue weighted by molar-refractivity contribution is 7.17. The highest BCUT2D eigenvalue weighted by atomic mass is 32.1. The van der Waals surface area contributed by atoms with Crippen LogP contribution in [-0.2, 0) is 17.8 Å². The van der Waals surface area contributed by atoms with Gasteiger partial charge in [-0.1, -0.05) is 54.6 Å². The van der Waals surface area contributed by atoms with Gasteiger partial charge in [0.25, 0.3) is 5.91 Å². The number of carboxylic acid groups (broad SMARTS) is 1. The molecule has 0 saturated heterocycles. The first-order valence-electron chi connectivity index (χ1n) is 10.0. The van der Waals surface area contributed by atoms with Gasteiger partial charge in [0.1, 0.15) is 17.4 Å². The average Bonchev–Trinajstić information content (AvgIpc) is 3.29. The van der Waals surface area contributed by atoms with E-state index in [0.717, 1.165) is 21.6 Å². The van der Waals surface area contributed by atoms with E-state index >= 15 is 0 Å². The molecule has 1 amide bonds. The van der Waals surface area contributed by atoms with E-state index in [1.165, 1.54) is 16.2 Å². The fraction of sp³-hybridized carbons (Fsp3) is 0.125. The minimum atomic E-state index is -1.03. The number of benzene rings is 2. The number of carboxylic acids is 1. The van der Waals surface area contributed by atoms with Crippen LogP contribution in [0.25, 0.3) is 21.8 Å². The summed E-state index contributed by atoms with van der Waals surface area (Å²) in [6, 6.07) is 16.3. The number of amides is 1. The number of fused-ring (bicyclic) bond motifs is 1. The van der Waals surface area contributed by atoms with Crippen molar-refractivity contribution < 1.29 is 14.7 Å². The van der Waals surface area contributed by atoms with E-state index in [4.69, 9.17) is 0 Å². The maximum atomic E-state index is 13.5. The Morgan fingerprint density at radius 2 is 1.75 bits per heavy atom. The quantitative estimate of drug-likeness (QED) is 0.515. The van der Waals surface area contributed by atoms with Crippen molar-refractivity contribution in [3.63, 3.8) is 0 Å². The van der Waals surface area contributed by atoms with E-state index in [1.54, 1.807) is 18.6 Å². The van der Waals surface area contributed by atoms with E-state index in [-0.39, 0.29) is 18.0 Å². The number of thiazole rings is 1. The van der Waals surface area contributed by atoms with Crippen molar-refractivity contribution >= 4 is 23.2 Å². The van der Waals surface area contributed by atoms with Gasteiger partial charge in [-0.3, -0.25) is 14.8 Å². The van der Waals surface area contributed by atoms with Crippen LogP contribution in [0.4, 0.5) is 0 Å². The van der Waals surface area contributed by atoms with Crippen molar-refractivity contribution in [3.05, 3.63) is 89.3 Å². The third kappa shape index (κ3) is 3.65. The van der Waals surface area contributed by atoms with E-state index < -0.39 is 17.9 Å². The molecule has 32 heavy (non-hydrogen) atoms. The summed E-state index contributed by atoms with van der Waals surface area (Å²) in [6.45, 7) is 0.229. The highest BCUT2D eigenvalue weighted by Gasteiger charge is 2.36. The first kappa shape index (κ1) is 20.0. The Morgan fingerprint density at radius 3 is 2.47 bits per heavy atom. The molecule has 0 aliphatic carbocycles. The summed E-state index contributed by atoms with van der Waals surface area (Å²) in [4.78, 5) is 40.8. The maximum absolute atomic E-state index is 13.5. The van der Waals surface area contributed by atoms with Crippen molar-refractivity contribution in [2.75, 3.05) is 0 Å². The topological polar surface area (TPSA) is 96.3 Å². The molecule has 1 atom stereocenters. The largest absolute Gasteiger partial charge is 0.480 e. The van der Waals surface area contributed by atoms with Gasteiger partial charge in [-0.05, 0) is 16.7 Å². The molecule has 1 N–H and O–H groups in total. The summed E-state index contributed by atoms with van der Waals surface area (Å²) in [5.74, 6) is -1.42. The Balaban J connectivity index is 1.58. The fourth-order valence-corrected chi connectivity index (χ4v) is 4.91. The average molecular weight is 443 g/mol. The molecule has 2 aromatic heterocycles. The summed E-state index contributed by atoms with van der Waals surface area (Å²) in [7, 11) is 0. The van der Waals surface area contributed by atoms with E-state index in [1.807, 2.05) is 54.6 Å². The second kappa shape index (κ2) is 8.32. The van der Waals surface area contributed by atoms with Gasteiger partial charge in [0, 0.05) is 25.4 Å². The molecular weight excluding hydrogens is 424 g/mol. The van der Waals surface area contributed by atoms with Crippen LogP contribution in [-0.4, -0.2) is 42.9 Å². The SMILES string of the molecule is O=C(O)[C@@H]1Cc2ccccc2CN1C(=O)c1nc(-c2cnccn2)c(-c2ccccc2)s1. The fourth-order valence-electron chi connectivity index (χ4n) is 3.87.